The Morgan fingerprint density at radius 3 is 2.80 bits per heavy atom. The van der Waals surface area contributed by atoms with Gasteiger partial charge in [0.2, 0.25) is 0 Å². The van der Waals surface area contributed by atoms with Crippen LogP contribution in [0.3, 0.4) is 0 Å². The number of halogens is 1. The minimum Gasteiger partial charge on any atom is -0.288 e. The summed E-state index contributed by atoms with van der Waals surface area (Å²) in [5.74, 6) is -0.00981. The Hall–Kier alpha value is -1.42. The van der Waals surface area contributed by atoms with Crippen LogP contribution >= 0.6 is 15.9 Å². The zero-order valence-corrected chi connectivity index (χ0v) is 9.73. The second kappa shape index (κ2) is 3.98. The van der Waals surface area contributed by atoms with E-state index in [0.717, 1.165) is 4.47 Å². The van der Waals surface area contributed by atoms with E-state index in [1.165, 1.54) is 0 Å². The molecule has 0 saturated heterocycles. The van der Waals surface area contributed by atoms with E-state index in [9.17, 15) is 4.79 Å². The quantitative estimate of drug-likeness (QED) is 0.781. The lowest BCUT2D eigenvalue weighted by atomic mass is 10.1. The van der Waals surface area contributed by atoms with E-state index in [4.69, 9.17) is 0 Å². The molecular formula is C11H9BrN2O. The molecule has 0 N–H and O–H groups in total. The molecule has 15 heavy (non-hydrogen) atoms. The van der Waals surface area contributed by atoms with E-state index in [1.54, 1.807) is 36.3 Å². The van der Waals surface area contributed by atoms with Crippen LogP contribution in [0.5, 0.6) is 0 Å². The summed E-state index contributed by atoms with van der Waals surface area (Å²) >= 11 is 3.34. The van der Waals surface area contributed by atoms with Crippen LogP contribution in [0.15, 0.2) is 41.1 Å². The topological polar surface area (TPSA) is 34.9 Å². The van der Waals surface area contributed by atoms with Gasteiger partial charge >= 0.3 is 0 Å². The maximum absolute atomic E-state index is 11.9. The SMILES string of the molecule is Cn1cc(C(=O)c2cccc(Br)c2)cn1. The van der Waals surface area contributed by atoms with Gasteiger partial charge in [-0.25, -0.2) is 0 Å². The van der Waals surface area contributed by atoms with Crippen molar-refractivity contribution in [2.75, 3.05) is 0 Å². The Kier molecular flexibility index (Phi) is 2.68. The summed E-state index contributed by atoms with van der Waals surface area (Å²) in [5.41, 5.74) is 1.27. The van der Waals surface area contributed by atoms with Crippen molar-refractivity contribution in [3.05, 3.63) is 52.3 Å². The number of benzene rings is 1. The van der Waals surface area contributed by atoms with Crippen LogP contribution in [0.4, 0.5) is 0 Å². The molecule has 0 spiro atoms. The second-order valence-electron chi connectivity index (χ2n) is 3.24. The first kappa shape index (κ1) is 10.1. The van der Waals surface area contributed by atoms with E-state index in [0.29, 0.717) is 11.1 Å². The van der Waals surface area contributed by atoms with Gasteiger partial charge in [-0.3, -0.25) is 9.48 Å². The van der Waals surface area contributed by atoms with Gasteiger partial charge in [-0.1, -0.05) is 28.1 Å². The Morgan fingerprint density at radius 2 is 2.20 bits per heavy atom. The van der Waals surface area contributed by atoms with Gasteiger partial charge in [0.05, 0.1) is 11.8 Å². The third-order valence-electron chi connectivity index (χ3n) is 2.05. The fourth-order valence-corrected chi connectivity index (χ4v) is 1.73. The molecule has 2 rings (SSSR count). The van der Waals surface area contributed by atoms with Gasteiger partial charge in [0.1, 0.15) is 0 Å². The highest BCUT2D eigenvalue weighted by molar-refractivity contribution is 9.10. The summed E-state index contributed by atoms with van der Waals surface area (Å²) in [6.07, 6.45) is 3.28. The Bertz CT molecular complexity index is 505. The number of aryl methyl sites for hydroxylation is 1. The van der Waals surface area contributed by atoms with Crippen molar-refractivity contribution < 1.29 is 4.79 Å². The molecule has 2 aromatic rings. The lowest BCUT2D eigenvalue weighted by molar-refractivity contribution is 0.103. The van der Waals surface area contributed by atoms with Crippen LogP contribution in [-0.2, 0) is 7.05 Å². The fourth-order valence-electron chi connectivity index (χ4n) is 1.33. The first-order valence-corrected chi connectivity index (χ1v) is 5.25. The summed E-state index contributed by atoms with van der Waals surface area (Å²) in [6, 6.07) is 7.32. The van der Waals surface area contributed by atoms with Gasteiger partial charge < -0.3 is 0 Å². The molecule has 0 unspecified atom stereocenters. The van der Waals surface area contributed by atoms with Crippen molar-refractivity contribution in [1.29, 1.82) is 0 Å². The molecule has 1 aromatic carbocycles. The Labute approximate surface area is 95.9 Å². The number of hydrogen-bond donors (Lipinski definition) is 0. The van der Waals surface area contributed by atoms with E-state index < -0.39 is 0 Å². The van der Waals surface area contributed by atoms with Crippen molar-refractivity contribution >= 4 is 21.7 Å². The van der Waals surface area contributed by atoms with E-state index >= 15 is 0 Å². The van der Waals surface area contributed by atoms with Crippen LogP contribution in [0, 0.1) is 0 Å². The molecule has 0 fully saturated rings. The van der Waals surface area contributed by atoms with Gasteiger partial charge in [0, 0.05) is 23.3 Å². The molecule has 4 heteroatoms. The second-order valence-corrected chi connectivity index (χ2v) is 4.16. The standard InChI is InChI=1S/C11H9BrN2O/c1-14-7-9(6-13-14)11(15)8-3-2-4-10(12)5-8/h2-7H,1H3. The highest BCUT2D eigenvalue weighted by Crippen LogP contribution is 2.14. The molecule has 1 heterocycles. The highest BCUT2D eigenvalue weighted by Gasteiger charge is 2.10. The number of hydrogen-bond acceptors (Lipinski definition) is 2. The normalized spacial score (nSPS) is 10.3. The molecule has 0 aliphatic rings. The molecule has 3 nitrogen and oxygen atoms in total. The summed E-state index contributed by atoms with van der Waals surface area (Å²) in [7, 11) is 1.79. The van der Waals surface area contributed by atoms with Crippen LogP contribution in [-0.4, -0.2) is 15.6 Å². The van der Waals surface area contributed by atoms with Gasteiger partial charge in [-0.2, -0.15) is 5.10 Å². The molecule has 76 valence electrons. The van der Waals surface area contributed by atoms with Crippen LogP contribution in [0.1, 0.15) is 15.9 Å². The minimum absolute atomic E-state index is 0.00981. The number of carbonyl (C=O) groups excluding carboxylic acids is 1. The molecule has 0 atom stereocenters. The summed E-state index contributed by atoms with van der Waals surface area (Å²) in [5, 5.41) is 3.97. The molecule has 0 aliphatic heterocycles. The van der Waals surface area contributed by atoms with Crippen molar-refractivity contribution in [3.63, 3.8) is 0 Å². The molecule has 0 amide bonds. The van der Waals surface area contributed by atoms with Gasteiger partial charge in [-0.05, 0) is 12.1 Å². The maximum Gasteiger partial charge on any atom is 0.196 e. The fraction of sp³-hybridized carbons (Fsp3) is 0.0909. The van der Waals surface area contributed by atoms with Crippen LogP contribution in [0.2, 0.25) is 0 Å². The number of aromatic nitrogens is 2. The highest BCUT2D eigenvalue weighted by atomic mass is 79.9. The Morgan fingerprint density at radius 1 is 1.40 bits per heavy atom. The van der Waals surface area contributed by atoms with E-state index in [2.05, 4.69) is 21.0 Å². The predicted octanol–water partition coefficient (Wildman–Crippen LogP) is 2.41. The molecule has 0 bridgehead atoms. The summed E-state index contributed by atoms with van der Waals surface area (Å²) < 4.78 is 2.52. The van der Waals surface area contributed by atoms with Crippen molar-refractivity contribution in [2.45, 2.75) is 0 Å². The summed E-state index contributed by atoms with van der Waals surface area (Å²) in [4.78, 5) is 11.9. The summed E-state index contributed by atoms with van der Waals surface area (Å²) in [6.45, 7) is 0. The van der Waals surface area contributed by atoms with Crippen molar-refractivity contribution in [3.8, 4) is 0 Å². The average Bonchev–Trinajstić information content (AvgIpc) is 2.64. The molecule has 0 radical (unpaired) electrons. The van der Waals surface area contributed by atoms with Crippen LogP contribution < -0.4 is 0 Å². The van der Waals surface area contributed by atoms with E-state index in [1.807, 2.05) is 12.1 Å². The van der Waals surface area contributed by atoms with Crippen molar-refractivity contribution in [1.82, 2.24) is 9.78 Å². The minimum atomic E-state index is -0.00981. The number of nitrogens with zero attached hydrogens (tertiary/aromatic N) is 2. The van der Waals surface area contributed by atoms with Gasteiger partial charge in [0.15, 0.2) is 5.78 Å². The molecule has 0 saturated carbocycles. The number of carbonyl (C=O) groups is 1. The predicted molar refractivity (Wildman–Crippen MR) is 60.8 cm³/mol. The van der Waals surface area contributed by atoms with E-state index in [-0.39, 0.29) is 5.78 Å². The first-order chi connectivity index (χ1) is 7.16. The number of rotatable bonds is 2. The monoisotopic (exact) mass is 264 g/mol. The third kappa shape index (κ3) is 2.15. The number of ketones is 1. The smallest absolute Gasteiger partial charge is 0.196 e. The van der Waals surface area contributed by atoms with Gasteiger partial charge in [0.25, 0.3) is 0 Å². The van der Waals surface area contributed by atoms with Gasteiger partial charge in [-0.15, -0.1) is 0 Å². The van der Waals surface area contributed by atoms with Crippen LogP contribution in [0.25, 0.3) is 0 Å². The molecule has 1 aromatic heterocycles. The lowest BCUT2D eigenvalue weighted by Crippen LogP contribution is -1.99. The first-order valence-electron chi connectivity index (χ1n) is 4.46. The lowest BCUT2D eigenvalue weighted by Gasteiger charge is -1.97. The van der Waals surface area contributed by atoms with Crippen molar-refractivity contribution in [2.24, 2.45) is 7.05 Å². The molecular weight excluding hydrogens is 256 g/mol. The maximum atomic E-state index is 11.9. The zero-order valence-electron chi connectivity index (χ0n) is 8.14. The molecule has 0 aliphatic carbocycles. The largest absolute Gasteiger partial charge is 0.288 e. The third-order valence-corrected chi connectivity index (χ3v) is 2.55. The zero-order chi connectivity index (χ0) is 10.8. The average molecular weight is 265 g/mol. The Balaban J connectivity index is 2.36.